The Balaban J connectivity index is 1.91. The van der Waals surface area contributed by atoms with Crippen LogP contribution >= 0.6 is 0 Å². The van der Waals surface area contributed by atoms with Gasteiger partial charge in [0.05, 0.1) is 4.92 Å². The normalized spacial score (nSPS) is 10.5. The van der Waals surface area contributed by atoms with Gasteiger partial charge in [-0.05, 0) is 36.1 Å². The third-order valence-corrected chi connectivity index (χ3v) is 3.73. The molecule has 5 heteroatoms. The third kappa shape index (κ3) is 2.89. The van der Waals surface area contributed by atoms with Crippen LogP contribution < -0.4 is 5.32 Å². The van der Waals surface area contributed by atoms with Gasteiger partial charge in [-0.15, -0.1) is 0 Å². The zero-order chi connectivity index (χ0) is 16.4. The maximum atomic E-state index is 12.3. The van der Waals surface area contributed by atoms with Gasteiger partial charge in [-0.1, -0.05) is 30.3 Å². The molecular formula is C18H14N2O3. The molecular weight excluding hydrogens is 292 g/mol. The van der Waals surface area contributed by atoms with Gasteiger partial charge in [0.1, 0.15) is 0 Å². The van der Waals surface area contributed by atoms with Gasteiger partial charge < -0.3 is 5.32 Å². The van der Waals surface area contributed by atoms with E-state index in [0.29, 0.717) is 5.56 Å². The lowest BCUT2D eigenvalue weighted by Crippen LogP contribution is -2.12. The van der Waals surface area contributed by atoms with Crippen LogP contribution in [0.3, 0.4) is 0 Å². The molecule has 114 valence electrons. The van der Waals surface area contributed by atoms with Gasteiger partial charge in [0.2, 0.25) is 0 Å². The molecule has 0 radical (unpaired) electrons. The summed E-state index contributed by atoms with van der Waals surface area (Å²) in [5, 5.41) is 15.6. The zero-order valence-corrected chi connectivity index (χ0v) is 12.4. The lowest BCUT2D eigenvalue weighted by Gasteiger charge is -2.10. The first kappa shape index (κ1) is 14.7. The van der Waals surface area contributed by atoms with Crippen LogP contribution in [-0.4, -0.2) is 10.8 Å². The molecule has 0 saturated carbocycles. The fraction of sp³-hybridized carbons (Fsp3) is 0.0556. The number of aryl methyl sites for hydroxylation is 1. The van der Waals surface area contributed by atoms with Crippen molar-refractivity contribution in [3.8, 4) is 0 Å². The molecule has 0 saturated heterocycles. The van der Waals surface area contributed by atoms with E-state index < -0.39 is 4.92 Å². The molecule has 0 aliphatic heterocycles. The molecule has 1 amide bonds. The van der Waals surface area contributed by atoms with Crippen LogP contribution in [0.25, 0.3) is 10.8 Å². The number of hydrogen-bond acceptors (Lipinski definition) is 3. The van der Waals surface area contributed by atoms with Crippen molar-refractivity contribution >= 4 is 28.1 Å². The van der Waals surface area contributed by atoms with Crippen LogP contribution in [0, 0.1) is 17.0 Å². The van der Waals surface area contributed by atoms with E-state index in [0.717, 1.165) is 22.0 Å². The lowest BCUT2D eigenvalue weighted by atomic mass is 10.0. The van der Waals surface area contributed by atoms with Gasteiger partial charge in [-0.2, -0.15) is 0 Å². The number of nitrogens with one attached hydrogen (secondary N) is 1. The van der Waals surface area contributed by atoms with E-state index in [1.165, 1.54) is 24.3 Å². The van der Waals surface area contributed by atoms with Crippen molar-refractivity contribution in [1.82, 2.24) is 0 Å². The number of fused-ring (bicyclic) bond motifs is 1. The van der Waals surface area contributed by atoms with Crippen LogP contribution in [0.4, 0.5) is 11.4 Å². The summed E-state index contributed by atoms with van der Waals surface area (Å²) in [6.45, 7) is 2.02. The molecule has 0 unspecified atom stereocenters. The predicted octanol–water partition coefficient (Wildman–Crippen LogP) is 4.31. The average Bonchev–Trinajstić information content (AvgIpc) is 2.57. The van der Waals surface area contributed by atoms with Crippen LogP contribution in [0.15, 0.2) is 60.7 Å². The number of carbonyl (C=O) groups excluding carboxylic acids is 1. The molecule has 5 nitrogen and oxygen atoms in total. The molecule has 0 heterocycles. The number of anilines is 1. The second-order valence-corrected chi connectivity index (χ2v) is 5.23. The van der Waals surface area contributed by atoms with Crippen molar-refractivity contribution in [3.05, 3.63) is 81.9 Å². The highest BCUT2D eigenvalue weighted by Gasteiger charge is 2.11. The zero-order valence-electron chi connectivity index (χ0n) is 12.4. The molecule has 3 aromatic carbocycles. The highest BCUT2D eigenvalue weighted by molar-refractivity contribution is 6.09. The Labute approximate surface area is 132 Å². The summed E-state index contributed by atoms with van der Waals surface area (Å²) in [5.41, 5.74) is 2.19. The van der Waals surface area contributed by atoms with Crippen LogP contribution in [-0.2, 0) is 0 Å². The average molecular weight is 306 g/mol. The molecule has 0 spiro atoms. The quantitative estimate of drug-likeness (QED) is 0.579. The summed E-state index contributed by atoms with van der Waals surface area (Å²) in [6.07, 6.45) is 0. The predicted molar refractivity (Wildman–Crippen MR) is 89.7 cm³/mol. The summed E-state index contributed by atoms with van der Waals surface area (Å²) in [4.78, 5) is 22.5. The number of hydrogen-bond donors (Lipinski definition) is 1. The molecule has 3 rings (SSSR count). The van der Waals surface area contributed by atoms with E-state index in [2.05, 4.69) is 5.32 Å². The number of nitrogens with zero attached hydrogens (tertiary/aromatic N) is 1. The van der Waals surface area contributed by atoms with Crippen molar-refractivity contribution < 1.29 is 9.72 Å². The van der Waals surface area contributed by atoms with Gasteiger partial charge >= 0.3 is 0 Å². The van der Waals surface area contributed by atoms with Crippen LogP contribution in [0.2, 0.25) is 0 Å². The number of nitro groups is 1. The summed E-state index contributed by atoms with van der Waals surface area (Å²) in [6, 6.07) is 17.2. The van der Waals surface area contributed by atoms with Crippen molar-refractivity contribution in [2.24, 2.45) is 0 Å². The van der Waals surface area contributed by atoms with Crippen molar-refractivity contribution in [2.45, 2.75) is 6.92 Å². The van der Waals surface area contributed by atoms with E-state index in [4.69, 9.17) is 0 Å². The van der Waals surface area contributed by atoms with E-state index in [1.807, 2.05) is 43.3 Å². The number of non-ortho nitro benzene ring substituents is 1. The molecule has 0 bridgehead atoms. The molecule has 3 aromatic rings. The Morgan fingerprint density at radius 3 is 2.26 bits per heavy atom. The lowest BCUT2D eigenvalue weighted by molar-refractivity contribution is -0.384. The molecule has 0 fully saturated rings. The first-order valence-corrected chi connectivity index (χ1v) is 7.10. The summed E-state index contributed by atoms with van der Waals surface area (Å²) in [5.74, 6) is -0.297. The number of nitro benzene ring substituents is 1. The Hall–Kier alpha value is -3.21. The Bertz CT molecular complexity index is 902. The summed E-state index contributed by atoms with van der Waals surface area (Å²) in [7, 11) is 0. The van der Waals surface area contributed by atoms with E-state index in [1.54, 1.807) is 0 Å². The largest absolute Gasteiger partial charge is 0.321 e. The van der Waals surface area contributed by atoms with Crippen molar-refractivity contribution in [2.75, 3.05) is 5.32 Å². The van der Waals surface area contributed by atoms with Gasteiger partial charge in [-0.25, -0.2) is 0 Å². The van der Waals surface area contributed by atoms with Crippen molar-refractivity contribution in [1.29, 1.82) is 0 Å². The second kappa shape index (κ2) is 5.88. The molecule has 0 aliphatic rings. The minimum Gasteiger partial charge on any atom is -0.321 e. The topological polar surface area (TPSA) is 72.2 Å². The number of benzene rings is 3. The summed E-state index contributed by atoms with van der Waals surface area (Å²) >= 11 is 0. The fourth-order valence-corrected chi connectivity index (χ4v) is 2.49. The van der Waals surface area contributed by atoms with Gasteiger partial charge in [0, 0.05) is 28.8 Å². The number of carbonyl (C=O) groups is 1. The monoisotopic (exact) mass is 306 g/mol. The van der Waals surface area contributed by atoms with Crippen LogP contribution in [0.5, 0.6) is 0 Å². The standard InChI is InChI=1S/C18H14N2O3/c1-12-6-11-17(16-5-3-2-4-15(12)16)19-18(21)13-7-9-14(10-8-13)20(22)23/h2-11H,1H3,(H,19,21). The van der Waals surface area contributed by atoms with E-state index in [-0.39, 0.29) is 11.6 Å². The third-order valence-electron chi connectivity index (χ3n) is 3.73. The molecule has 0 aliphatic carbocycles. The van der Waals surface area contributed by atoms with Gasteiger partial charge in [-0.3, -0.25) is 14.9 Å². The Kier molecular flexibility index (Phi) is 3.76. The first-order chi connectivity index (χ1) is 11.1. The second-order valence-electron chi connectivity index (χ2n) is 5.23. The maximum absolute atomic E-state index is 12.3. The Morgan fingerprint density at radius 1 is 0.957 bits per heavy atom. The molecule has 23 heavy (non-hydrogen) atoms. The minimum atomic E-state index is -0.491. The smallest absolute Gasteiger partial charge is 0.269 e. The number of amides is 1. The van der Waals surface area contributed by atoms with Crippen LogP contribution in [0.1, 0.15) is 15.9 Å². The van der Waals surface area contributed by atoms with E-state index in [9.17, 15) is 14.9 Å². The highest BCUT2D eigenvalue weighted by atomic mass is 16.6. The van der Waals surface area contributed by atoms with Gasteiger partial charge in [0.15, 0.2) is 0 Å². The fourth-order valence-electron chi connectivity index (χ4n) is 2.49. The SMILES string of the molecule is Cc1ccc(NC(=O)c2ccc([N+](=O)[O-])cc2)c2ccccc12. The first-order valence-electron chi connectivity index (χ1n) is 7.10. The van der Waals surface area contributed by atoms with Gasteiger partial charge in [0.25, 0.3) is 11.6 Å². The highest BCUT2D eigenvalue weighted by Crippen LogP contribution is 2.26. The number of rotatable bonds is 3. The molecule has 1 N–H and O–H groups in total. The van der Waals surface area contributed by atoms with Crippen molar-refractivity contribution in [3.63, 3.8) is 0 Å². The van der Waals surface area contributed by atoms with E-state index >= 15 is 0 Å². The molecule has 0 atom stereocenters. The minimum absolute atomic E-state index is 0.0395. The summed E-state index contributed by atoms with van der Waals surface area (Å²) < 4.78 is 0. The molecule has 0 aromatic heterocycles. The maximum Gasteiger partial charge on any atom is 0.269 e. The Morgan fingerprint density at radius 2 is 1.61 bits per heavy atom.